The number of rotatable bonds is 4. The highest BCUT2D eigenvalue weighted by Gasteiger charge is 2.29. The van der Waals surface area contributed by atoms with Crippen molar-refractivity contribution in [3.63, 3.8) is 0 Å². The minimum atomic E-state index is -0.121. The van der Waals surface area contributed by atoms with Crippen LogP contribution in [0.25, 0.3) is 0 Å². The molecule has 1 aromatic carbocycles. The fraction of sp³-hybridized carbons (Fsp3) is 0.294. The minimum Gasteiger partial charge on any atom is -0.351 e. The summed E-state index contributed by atoms with van der Waals surface area (Å²) in [5.41, 5.74) is 2.87. The number of fused-ring (bicyclic) bond motifs is 1. The lowest BCUT2D eigenvalue weighted by atomic mass is 10.1. The second kappa shape index (κ2) is 6.32. The number of hydrogen-bond acceptors (Lipinski definition) is 3. The van der Waals surface area contributed by atoms with Crippen molar-refractivity contribution < 1.29 is 9.59 Å². The first kappa shape index (κ1) is 14.8. The van der Waals surface area contributed by atoms with Gasteiger partial charge in [-0.25, -0.2) is 0 Å². The van der Waals surface area contributed by atoms with Gasteiger partial charge in [-0.2, -0.15) is 11.3 Å². The maximum Gasteiger partial charge on any atom is 0.252 e. The van der Waals surface area contributed by atoms with E-state index in [1.165, 1.54) is 16.9 Å². The molecular formula is C17H18N2O2S. The van der Waals surface area contributed by atoms with Crippen LogP contribution in [0.1, 0.15) is 29.3 Å². The lowest BCUT2D eigenvalue weighted by molar-refractivity contribution is -0.118. The summed E-state index contributed by atoms with van der Waals surface area (Å²) in [7, 11) is 0. The van der Waals surface area contributed by atoms with E-state index in [4.69, 9.17) is 0 Å². The Morgan fingerprint density at radius 1 is 1.32 bits per heavy atom. The smallest absolute Gasteiger partial charge is 0.252 e. The van der Waals surface area contributed by atoms with Crippen LogP contribution in [-0.4, -0.2) is 24.4 Å². The first-order valence-corrected chi connectivity index (χ1v) is 8.31. The van der Waals surface area contributed by atoms with Crippen LogP contribution in [0.5, 0.6) is 0 Å². The number of thiophene rings is 1. The Hall–Kier alpha value is -2.14. The van der Waals surface area contributed by atoms with Crippen LogP contribution in [0.2, 0.25) is 0 Å². The monoisotopic (exact) mass is 314 g/mol. The van der Waals surface area contributed by atoms with Gasteiger partial charge in [-0.05, 0) is 36.4 Å². The third-order valence-electron chi connectivity index (χ3n) is 3.88. The average Bonchev–Trinajstić information content (AvgIpc) is 3.13. The predicted octanol–water partition coefficient (Wildman–Crippen LogP) is 2.85. The Morgan fingerprint density at radius 3 is 2.91 bits per heavy atom. The second-order valence-corrected chi connectivity index (χ2v) is 6.24. The molecule has 1 aliphatic rings. The van der Waals surface area contributed by atoms with Gasteiger partial charge in [-0.15, -0.1) is 0 Å². The van der Waals surface area contributed by atoms with Gasteiger partial charge < -0.3 is 10.2 Å². The number of carbonyl (C=O) groups excluding carboxylic acids is 2. The molecule has 1 N–H and O–H groups in total. The van der Waals surface area contributed by atoms with Crippen molar-refractivity contribution >= 4 is 28.8 Å². The highest BCUT2D eigenvalue weighted by Crippen LogP contribution is 2.32. The summed E-state index contributed by atoms with van der Waals surface area (Å²) in [5, 5.41) is 6.46. The Balaban J connectivity index is 1.57. The Labute approximate surface area is 133 Å². The van der Waals surface area contributed by atoms with E-state index in [-0.39, 0.29) is 17.9 Å². The molecule has 0 spiro atoms. The molecular weight excluding hydrogens is 296 g/mol. The number of hydrogen-bond donors (Lipinski definition) is 1. The average molecular weight is 314 g/mol. The molecule has 5 heteroatoms. The lowest BCUT2D eigenvalue weighted by Gasteiger charge is -2.22. The zero-order valence-corrected chi connectivity index (χ0v) is 13.2. The molecule has 2 aromatic rings. The first-order chi connectivity index (χ1) is 10.7. The van der Waals surface area contributed by atoms with Gasteiger partial charge in [-0.3, -0.25) is 9.59 Å². The van der Waals surface area contributed by atoms with Crippen LogP contribution in [0.3, 0.4) is 0 Å². The normalized spacial score (nSPS) is 16.4. The van der Waals surface area contributed by atoms with Gasteiger partial charge in [0.05, 0.1) is 0 Å². The van der Waals surface area contributed by atoms with Crippen molar-refractivity contribution in [1.29, 1.82) is 0 Å². The zero-order valence-electron chi connectivity index (χ0n) is 12.4. The molecule has 1 aromatic heterocycles. The van der Waals surface area contributed by atoms with Gasteiger partial charge >= 0.3 is 0 Å². The van der Waals surface area contributed by atoms with Gasteiger partial charge in [0.2, 0.25) is 5.91 Å². The summed E-state index contributed by atoms with van der Waals surface area (Å²) in [6, 6.07) is 9.96. The molecule has 2 amide bonds. The van der Waals surface area contributed by atoms with Crippen molar-refractivity contribution in [2.24, 2.45) is 0 Å². The molecule has 1 aliphatic heterocycles. The number of carbonyl (C=O) groups is 2. The van der Waals surface area contributed by atoms with E-state index in [1.807, 2.05) is 28.5 Å². The van der Waals surface area contributed by atoms with E-state index < -0.39 is 0 Å². The van der Waals surface area contributed by atoms with Gasteiger partial charge in [0.15, 0.2) is 0 Å². The van der Waals surface area contributed by atoms with Crippen molar-refractivity contribution in [2.75, 3.05) is 11.4 Å². The standard InChI is InChI=1S/C17H18N2O2S/c1-12-10-13-4-2-3-5-15(13)19(12)16(20)6-8-18-17(21)14-7-9-22-11-14/h2-5,7,9,11-12H,6,8,10H2,1H3,(H,18,21). The van der Waals surface area contributed by atoms with Gasteiger partial charge in [0.25, 0.3) is 5.91 Å². The first-order valence-electron chi connectivity index (χ1n) is 7.37. The summed E-state index contributed by atoms with van der Waals surface area (Å²) in [4.78, 5) is 26.2. The van der Waals surface area contributed by atoms with Crippen LogP contribution in [-0.2, 0) is 11.2 Å². The van der Waals surface area contributed by atoms with Gasteiger partial charge in [0.1, 0.15) is 0 Å². The minimum absolute atomic E-state index is 0.0584. The molecule has 22 heavy (non-hydrogen) atoms. The molecule has 0 saturated carbocycles. The van der Waals surface area contributed by atoms with E-state index in [0.717, 1.165) is 12.1 Å². The Morgan fingerprint density at radius 2 is 2.14 bits per heavy atom. The molecule has 0 radical (unpaired) electrons. The maximum atomic E-state index is 12.5. The third-order valence-corrected chi connectivity index (χ3v) is 4.57. The van der Waals surface area contributed by atoms with E-state index in [9.17, 15) is 9.59 Å². The number of nitrogens with zero attached hydrogens (tertiary/aromatic N) is 1. The predicted molar refractivity (Wildman–Crippen MR) is 88.4 cm³/mol. The number of nitrogens with one attached hydrogen (secondary N) is 1. The van der Waals surface area contributed by atoms with Crippen molar-refractivity contribution in [3.8, 4) is 0 Å². The number of amides is 2. The fourth-order valence-corrected chi connectivity index (χ4v) is 3.48. The molecule has 1 atom stereocenters. The van der Waals surface area contributed by atoms with E-state index in [0.29, 0.717) is 18.5 Å². The fourth-order valence-electron chi connectivity index (χ4n) is 2.84. The van der Waals surface area contributed by atoms with E-state index >= 15 is 0 Å². The number of benzene rings is 1. The molecule has 0 saturated heterocycles. The molecule has 1 unspecified atom stereocenters. The zero-order chi connectivity index (χ0) is 15.5. The van der Waals surface area contributed by atoms with Crippen LogP contribution in [0, 0.1) is 0 Å². The Bertz CT molecular complexity index is 682. The second-order valence-electron chi connectivity index (χ2n) is 5.46. The van der Waals surface area contributed by atoms with Crippen molar-refractivity contribution in [1.82, 2.24) is 5.32 Å². The molecule has 2 heterocycles. The summed E-state index contributed by atoms with van der Waals surface area (Å²) < 4.78 is 0. The lowest BCUT2D eigenvalue weighted by Crippen LogP contribution is -2.38. The highest BCUT2D eigenvalue weighted by molar-refractivity contribution is 7.08. The summed E-state index contributed by atoms with van der Waals surface area (Å²) in [6.45, 7) is 2.42. The molecule has 3 rings (SSSR count). The van der Waals surface area contributed by atoms with E-state index in [2.05, 4.69) is 18.3 Å². The summed E-state index contributed by atoms with van der Waals surface area (Å²) >= 11 is 1.48. The SMILES string of the molecule is CC1Cc2ccccc2N1C(=O)CCNC(=O)c1ccsc1. The summed E-state index contributed by atoms with van der Waals surface area (Å²) in [5.74, 6) is -0.0630. The Kier molecular flexibility index (Phi) is 4.24. The van der Waals surface area contributed by atoms with Crippen molar-refractivity contribution in [3.05, 3.63) is 52.2 Å². The van der Waals surface area contributed by atoms with E-state index in [1.54, 1.807) is 11.4 Å². The quantitative estimate of drug-likeness (QED) is 0.943. The molecule has 114 valence electrons. The maximum absolute atomic E-state index is 12.5. The molecule has 0 fully saturated rings. The van der Waals surface area contributed by atoms with Gasteiger partial charge in [0, 0.05) is 35.6 Å². The van der Waals surface area contributed by atoms with Crippen LogP contribution in [0.15, 0.2) is 41.1 Å². The van der Waals surface area contributed by atoms with Crippen LogP contribution >= 0.6 is 11.3 Å². The van der Waals surface area contributed by atoms with Crippen molar-refractivity contribution in [2.45, 2.75) is 25.8 Å². The van der Waals surface area contributed by atoms with Crippen LogP contribution < -0.4 is 10.2 Å². The summed E-state index contributed by atoms with van der Waals surface area (Å²) in [6.07, 6.45) is 1.21. The number of anilines is 1. The topological polar surface area (TPSA) is 49.4 Å². The largest absolute Gasteiger partial charge is 0.351 e. The number of para-hydroxylation sites is 1. The molecule has 0 aliphatic carbocycles. The van der Waals surface area contributed by atoms with Crippen LogP contribution in [0.4, 0.5) is 5.69 Å². The third kappa shape index (κ3) is 2.90. The molecule has 4 nitrogen and oxygen atoms in total. The molecule has 0 bridgehead atoms. The van der Waals surface area contributed by atoms with Gasteiger partial charge in [-0.1, -0.05) is 18.2 Å². The highest BCUT2D eigenvalue weighted by atomic mass is 32.1.